The maximum Gasteiger partial charge on any atom is 0.329 e. The van der Waals surface area contributed by atoms with Crippen LogP contribution in [0.1, 0.15) is 46.0 Å². The van der Waals surface area contributed by atoms with Crippen molar-refractivity contribution in [1.29, 1.82) is 0 Å². The van der Waals surface area contributed by atoms with E-state index >= 15 is 0 Å². The quantitative estimate of drug-likeness (QED) is 0.830. The Balaban J connectivity index is 1.70. The van der Waals surface area contributed by atoms with Crippen molar-refractivity contribution in [2.75, 3.05) is 19.7 Å². The van der Waals surface area contributed by atoms with Gasteiger partial charge in [-0.2, -0.15) is 0 Å². The Morgan fingerprint density at radius 1 is 1.29 bits per heavy atom. The number of likely N-dealkylation sites (tertiary alicyclic amines) is 1. The number of piperidine rings is 1. The summed E-state index contributed by atoms with van der Waals surface area (Å²) in [5.74, 6) is -0.945. The fraction of sp³-hybridized carbons (Fsp3) is 0.867. The van der Waals surface area contributed by atoms with Crippen molar-refractivity contribution in [1.82, 2.24) is 10.2 Å². The first-order chi connectivity index (χ1) is 9.85. The molecule has 1 heterocycles. The van der Waals surface area contributed by atoms with E-state index in [4.69, 9.17) is 9.84 Å². The van der Waals surface area contributed by atoms with Gasteiger partial charge in [-0.15, -0.1) is 0 Å². The van der Waals surface area contributed by atoms with Crippen molar-refractivity contribution in [2.45, 2.75) is 58.1 Å². The lowest BCUT2D eigenvalue weighted by Crippen LogP contribution is -2.48. The summed E-state index contributed by atoms with van der Waals surface area (Å²) in [4.78, 5) is 24.5. The minimum absolute atomic E-state index is 0.00869. The van der Waals surface area contributed by atoms with E-state index in [0.717, 1.165) is 19.3 Å². The SMILES string of the molecule is CC1(C)CCC(NC(=O)N2CCC(OCC(=O)O)CC2)C1. The molecule has 1 unspecified atom stereocenters. The van der Waals surface area contributed by atoms with Gasteiger partial charge in [0.1, 0.15) is 6.61 Å². The third-order valence-electron chi connectivity index (χ3n) is 4.47. The molecule has 0 aromatic carbocycles. The minimum Gasteiger partial charge on any atom is -0.480 e. The summed E-state index contributed by atoms with van der Waals surface area (Å²) in [6.07, 6.45) is 4.61. The largest absolute Gasteiger partial charge is 0.480 e. The maximum absolute atomic E-state index is 12.2. The van der Waals surface area contributed by atoms with Crippen LogP contribution in [0.4, 0.5) is 4.79 Å². The number of urea groups is 1. The van der Waals surface area contributed by atoms with Crippen molar-refractivity contribution < 1.29 is 19.4 Å². The van der Waals surface area contributed by atoms with Gasteiger partial charge in [-0.05, 0) is 37.5 Å². The summed E-state index contributed by atoms with van der Waals surface area (Å²) in [6, 6.07) is 0.294. The van der Waals surface area contributed by atoms with Crippen LogP contribution in [0.5, 0.6) is 0 Å². The van der Waals surface area contributed by atoms with Gasteiger partial charge in [0.15, 0.2) is 0 Å². The third-order valence-corrected chi connectivity index (χ3v) is 4.47. The molecule has 1 saturated heterocycles. The highest BCUT2D eigenvalue weighted by atomic mass is 16.5. The zero-order valence-corrected chi connectivity index (χ0v) is 12.9. The number of rotatable bonds is 4. The maximum atomic E-state index is 12.2. The normalized spacial score (nSPS) is 25.8. The number of nitrogens with zero attached hydrogens (tertiary/aromatic N) is 1. The summed E-state index contributed by atoms with van der Waals surface area (Å²) < 4.78 is 5.28. The van der Waals surface area contributed by atoms with Gasteiger partial charge in [0.05, 0.1) is 6.10 Å². The molecule has 2 fully saturated rings. The fourth-order valence-corrected chi connectivity index (χ4v) is 3.24. The van der Waals surface area contributed by atoms with Crippen LogP contribution in [0.2, 0.25) is 0 Å². The van der Waals surface area contributed by atoms with Gasteiger partial charge in [0, 0.05) is 19.1 Å². The zero-order valence-electron chi connectivity index (χ0n) is 12.9. The number of carbonyl (C=O) groups excluding carboxylic acids is 1. The van der Waals surface area contributed by atoms with Crippen LogP contribution in [-0.2, 0) is 9.53 Å². The number of aliphatic carboxylic acids is 1. The lowest BCUT2D eigenvalue weighted by atomic mass is 9.92. The molecule has 1 saturated carbocycles. The molecule has 120 valence electrons. The molecular formula is C15H26N2O4. The van der Waals surface area contributed by atoms with E-state index in [-0.39, 0.29) is 24.8 Å². The lowest BCUT2D eigenvalue weighted by Gasteiger charge is -2.32. The van der Waals surface area contributed by atoms with Gasteiger partial charge < -0.3 is 20.1 Å². The number of carbonyl (C=O) groups is 2. The molecule has 2 N–H and O–H groups in total. The Kier molecular flexibility index (Phi) is 5.08. The molecule has 1 aliphatic carbocycles. The van der Waals surface area contributed by atoms with Gasteiger partial charge >= 0.3 is 12.0 Å². The molecule has 2 aliphatic rings. The number of hydrogen-bond acceptors (Lipinski definition) is 3. The Morgan fingerprint density at radius 2 is 1.95 bits per heavy atom. The first-order valence-electron chi connectivity index (χ1n) is 7.74. The second-order valence-electron chi connectivity index (χ2n) is 6.94. The standard InChI is InChI=1S/C15H26N2O4/c1-15(2)6-3-11(9-15)16-14(20)17-7-4-12(5-8-17)21-10-13(18)19/h11-12H,3-10H2,1-2H3,(H,16,20)(H,18,19). The molecule has 1 aliphatic heterocycles. The summed E-state index contributed by atoms with van der Waals surface area (Å²) in [6.45, 7) is 5.49. The van der Waals surface area contributed by atoms with Gasteiger partial charge in [0.2, 0.25) is 0 Å². The zero-order chi connectivity index (χ0) is 15.5. The van der Waals surface area contributed by atoms with Gasteiger partial charge in [-0.3, -0.25) is 0 Å². The summed E-state index contributed by atoms with van der Waals surface area (Å²) in [5.41, 5.74) is 0.329. The molecule has 0 aromatic heterocycles. The number of carboxylic acids is 1. The van der Waals surface area contributed by atoms with E-state index in [1.807, 2.05) is 4.90 Å². The Morgan fingerprint density at radius 3 is 2.48 bits per heavy atom. The molecular weight excluding hydrogens is 272 g/mol. The van der Waals surface area contributed by atoms with Crippen molar-refractivity contribution >= 4 is 12.0 Å². The van der Waals surface area contributed by atoms with E-state index < -0.39 is 5.97 Å². The van der Waals surface area contributed by atoms with Crippen LogP contribution in [0, 0.1) is 5.41 Å². The summed E-state index contributed by atoms with van der Waals surface area (Å²) >= 11 is 0. The van der Waals surface area contributed by atoms with Crippen LogP contribution in [-0.4, -0.2) is 53.8 Å². The molecule has 2 amide bonds. The molecule has 21 heavy (non-hydrogen) atoms. The molecule has 1 atom stereocenters. The van der Waals surface area contributed by atoms with Crippen LogP contribution < -0.4 is 5.32 Å². The van der Waals surface area contributed by atoms with Crippen LogP contribution in [0.3, 0.4) is 0 Å². The topological polar surface area (TPSA) is 78.9 Å². The van der Waals surface area contributed by atoms with Crippen molar-refractivity contribution in [3.05, 3.63) is 0 Å². The van der Waals surface area contributed by atoms with Crippen LogP contribution >= 0.6 is 0 Å². The number of amides is 2. The lowest BCUT2D eigenvalue weighted by molar-refractivity contribution is -0.145. The van der Waals surface area contributed by atoms with E-state index in [9.17, 15) is 9.59 Å². The third kappa shape index (κ3) is 4.88. The molecule has 6 nitrogen and oxygen atoms in total. The second kappa shape index (κ2) is 6.64. The molecule has 2 rings (SSSR count). The Bertz CT molecular complexity index is 389. The fourth-order valence-electron chi connectivity index (χ4n) is 3.24. The second-order valence-corrected chi connectivity index (χ2v) is 6.94. The Hall–Kier alpha value is -1.30. The highest BCUT2D eigenvalue weighted by Crippen LogP contribution is 2.36. The minimum atomic E-state index is -0.945. The van der Waals surface area contributed by atoms with Gasteiger partial charge in [0.25, 0.3) is 0 Å². The van der Waals surface area contributed by atoms with Gasteiger partial charge in [-0.25, -0.2) is 9.59 Å². The van der Waals surface area contributed by atoms with E-state index in [0.29, 0.717) is 31.3 Å². The van der Waals surface area contributed by atoms with E-state index in [1.54, 1.807) is 0 Å². The van der Waals surface area contributed by atoms with Crippen molar-refractivity contribution in [3.63, 3.8) is 0 Å². The highest BCUT2D eigenvalue weighted by Gasteiger charge is 2.33. The summed E-state index contributed by atoms with van der Waals surface area (Å²) in [7, 11) is 0. The van der Waals surface area contributed by atoms with E-state index in [2.05, 4.69) is 19.2 Å². The number of carboxylic acid groups (broad SMARTS) is 1. The number of ether oxygens (including phenoxy) is 1. The molecule has 0 bridgehead atoms. The Labute approximate surface area is 125 Å². The number of nitrogens with one attached hydrogen (secondary N) is 1. The molecule has 0 spiro atoms. The first kappa shape index (κ1) is 16.1. The summed E-state index contributed by atoms with van der Waals surface area (Å²) in [5, 5.41) is 11.7. The van der Waals surface area contributed by atoms with Crippen LogP contribution in [0.25, 0.3) is 0 Å². The predicted molar refractivity (Wildman–Crippen MR) is 78.1 cm³/mol. The molecule has 6 heteroatoms. The first-order valence-corrected chi connectivity index (χ1v) is 7.74. The molecule has 0 radical (unpaired) electrons. The van der Waals surface area contributed by atoms with Crippen molar-refractivity contribution in [3.8, 4) is 0 Å². The van der Waals surface area contributed by atoms with Crippen LogP contribution in [0.15, 0.2) is 0 Å². The average molecular weight is 298 g/mol. The van der Waals surface area contributed by atoms with Gasteiger partial charge in [-0.1, -0.05) is 13.8 Å². The van der Waals surface area contributed by atoms with E-state index in [1.165, 1.54) is 0 Å². The predicted octanol–water partition coefficient (Wildman–Crippen LogP) is 1.84. The van der Waals surface area contributed by atoms with Crippen molar-refractivity contribution in [2.24, 2.45) is 5.41 Å². The smallest absolute Gasteiger partial charge is 0.329 e. The average Bonchev–Trinajstić information content (AvgIpc) is 2.76. The molecule has 0 aromatic rings. The highest BCUT2D eigenvalue weighted by molar-refractivity contribution is 5.74. The number of hydrogen-bond donors (Lipinski definition) is 2. The monoisotopic (exact) mass is 298 g/mol.